The van der Waals surface area contributed by atoms with Gasteiger partial charge < -0.3 is 14.7 Å². The summed E-state index contributed by atoms with van der Waals surface area (Å²) in [7, 11) is 0. The maximum Gasteiger partial charge on any atom is 0.354 e. The lowest BCUT2D eigenvalue weighted by Gasteiger charge is -2.28. The van der Waals surface area contributed by atoms with Crippen LogP contribution in [-0.2, 0) is 11.2 Å². The molecule has 25 heavy (non-hydrogen) atoms. The van der Waals surface area contributed by atoms with Crippen molar-refractivity contribution in [3.63, 3.8) is 0 Å². The van der Waals surface area contributed by atoms with E-state index in [0.29, 0.717) is 25.3 Å². The van der Waals surface area contributed by atoms with E-state index in [4.69, 9.17) is 9.84 Å². The third kappa shape index (κ3) is 4.22. The second-order valence-corrected chi connectivity index (χ2v) is 5.99. The van der Waals surface area contributed by atoms with Gasteiger partial charge in [-0.15, -0.1) is 0 Å². The fraction of sp³-hybridized carbons (Fsp3) is 0.316. The molecule has 1 fully saturated rings. The SMILES string of the molecule is O=C(O)c1ccc(C(=O)N(CCc2ccccc2)[C@@H]2CCOC2)cn1. The number of benzene rings is 1. The molecule has 3 rings (SSSR count). The first-order chi connectivity index (χ1) is 12.1. The number of carbonyl (C=O) groups excluding carboxylic acids is 1. The Morgan fingerprint density at radius 2 is 2.00 bits per heavy atom. The molecule has 2 heterocycles. The first kappa shape index (κ1) is 17.1. The number of nitrogens with zero attached hydrogens (tertiary/aromatic N) is 2. The quantitative estimate of drug-likeness (QED) is 0.872. The van der Waals surface area contributed by atoms with Crippen molar-refractivity contribution in [3.05, 3.63) is 65.5 Å². The molecule has 0 aliphatic carbocycles. The van der Waals surface area contributed by atoms with Crippen molar-refractivity contribution < 1.29 is 19.4 Å². The Labute approximate surface area is 146 Å². The van der Waals surface area contributed by atoms with E-state index >= 15 is 0 Å². The zero-order chi connectivity index (χ0) is 17.6. The number of hydrogen-bond donors (Lipinski definition) is 1. The van der Waals surface area contributed by atoms with E-state index in [1.54, 1.807) is 0 Å². The Kier molecular flexibility index (Phi) is 5.40. The molecule has 0 unspecified atom stereocenters. The monoisotopic (exact) mass is 340 g/mol. The van der Waals surface area contributed by atoms with Crippen molar-refractivity contribution in [1.29, 1.82) is 0 Å². The van der Waals surface area contributed by atoms with Gasteiger partial charge in [-0.2, -0.15) is 0 Å². The van der Waals surface area contributed by atoms with Crippen LogP contribution < -0.4 is 0 Å². The number of carboxylic acid groups (broad SMARTS) is 1. The molecule has 1 N–H and O–H groups in total. The summed E-state index contributed by atoms with van der Waals surface area (Å²) in [5.41, 5.74) is 1.49. The number of aromatic nitrogens is 1. The predicted molar refractivity (Wildman–Crippen MR) is 91.6 cm³/mol. The molecular weight excluding hydrogens is 320 g/mol. The van der Waals surface area contributed by atoms with Gasteiger partial charge in [0.2, 0.25) is 0 Å². The second kappa shape index (κ2) is 7.90. The molecule has 130 valence electrons. The summed E-state index contributed by atoms with van der Waals surface area (Å²) in [4.78, 5) is 29.5. The summed E-state index contributed by atoms with van der Waals surface area (Å²) in [6, 6.07) is 12.9. The highest BCUT2D eigenvalue weighted by Crippen LogP contribution is 2.17. The maximum absolute atomic E-state index is 12.9. The minimum absolute atomic E-state index is 0.0374. The average Bonchev–Trinajstić information content (AvgIpc) is 3.17. The second-order valence-electron chi connectivity index (χ2n) is 5.99. The minimum atomic E-state index is -1.11. The molecule has 6 nitrogen and oxygen atoms in total. The minimum Gasteiger partial charge on any atom is -0.477 e. The number of carbonyl (C=O) groups is 2. The maximum atomic E-state index is 12.9. The Morgan fingerprint density at radius 1 is 1.20 bits per heavy atom. The molecule has 1 aliphatic heterocycles. The van der Waals surface area contributed by atoms with Gasteiger partial charge in [-0.25, -0.2) is 9.78 Å². The van der Waals surface area contributed by atoms with E-state index < -0.39 is 5.97 Å². The molecule has 2 aromatic rings. The Balaban J connectivity index is 1.75. The lowest BCUT2D eigenvalue weighted by atomic mass is 10.1. The Bertz CT molecular complexity index is 725. The predicted octanol–water partition coefficient (Wildman–Crippen LogP) is 2.25. The largest absolute Gasteiger partial charge is 0.477 e. The van der Waals surface area contributed by atoms with Crippen LogP contribution in [0.2, 0.25) is 0 Å². The summed E-state index contributed by atoms with van der Waals surface area (Å²) < 4.78 is 5.44. The molecular formula is C19H20N2O4. The van der Waals surface area contributed by atoms with Crippen LogP contribution in [0.15, 0.2) is 48.7 Å². The standard InChI is InChI=1S/C19H20N2O4/c22-18(15-6-7-17(19(23)24)20-12-15)21(16-9-11-25-13-16)10-8-14-4-2-1-3-5-14/h1-7,12,16H,8-11,13H2,(H,23,24)/t16-/m1/s1. The summed E-state index contributed by atoms with van der Waals surface area (Å²) in [6.45, 7) is 1.76. The molecule has 1 atom stereocenters. The first-order valence-corrected chi connectivity index (χ1v) is 8.27. The molecule has 0 saturated carbocycles. The van der Waals surface area contributed by atoms with E-state index in [1.165, 1.54) is 23.9 Å². The molecule has 0 bridgehead atoms. The van der Waals surface area contributed by atoms with Crippen LogP contribution in [0.1, 0.15) is 32.8 Å². The Hall–Kier alpha value is -2.73. The fourth-order valence-corrected chi connectivity index (χ4v) is 2.92. The zero-order valence-electron chi connectivity index (χ0n) is 13.8. The van der Waals surface area contributed by atoms with Crippen molar-refractivity contribution in [3.8, 4) is 0 Å². The normalized spacial score (nSPS) is 16.6. The number of amides is 1. The van der Waals surface area contributed by atoms with E-state index in [1.807, 2.05) is 35.2 Å². The van der Waals surface area contributed by atoms with Crippen LogP contribution in [0, 0.1) is 0 Å². The van der Waals surface area contributed by atoms with Crippen LogP contribution in [0.3, 0.4) is 0 Å². The van der Waals surface area contributed by atoms with Gasteiger partial charge in [0.05, 0.1) is 18.2 Å². The number of aromatic carboxylic acids is 1. The van der Waals surface area contributed by atoms with E-state index in [9.17, 15) is 9.59 Å². The smallest absolute Gasteiger partial charge is 0.354 e. The van der Waals surface area contributed by atoms with Crippen molar-refractivity contribution in [1.82, 2.24) is 9.88 Å². The third-order valence-electron chi connectivity index (χ3n) is 4.32. The van der Waals surface area contributed by atoms with Crippen LogP contribution in [0.4, 0.5) is 0 Å². The summed E-state index contributed by atoms with van der Waals surface area (Å²) in [6.07, 6.45) is 2.89. The van der Waals surface area contributed by atoms with Gasteiger partial charge in [-0.05, 0) is 30.5 Å². The van der Waals surface area contributed by atoms with Crippen molar-refractivity contribution >= 4 is 11.9 Å². The van der Waals surface area contributed by atoms with Gasteiger partial charge in [-0.1, -0.05) is 30.3 Å². The lowest BCUT2D eigenvalue weighted by Crippen LogP contribution is -2.42. The highest BCUT2D eigenvalue weighted by atomic mass is 16.5. The van der Waals surface area contributed by atoms with Gasteiger partial charge in [0, 0.05) is 19.3 Å². The molecule has 1 amide bonds. The van der Waals surface area contributed by atoms with Crippen LogP contribution in [-0.4, -0.2) is 52.7 Å². The highest BCUT2D eigenvalue weighted by molar-refractivity contribution is 5.95. The van der Waals surface area contributed by atoms with Gasteiger partial charge in [-0.3, -0.25) is 4.79 Å². The number of pyridine rings is 1. The van der Waals surface area contributed by atoms with Gasteiger partial charge >= 0.3 is 5.97 Å². The highest BCUT2D eigenvalue weighted by Gasteiger charge is 2.28. The lowest BCUT2D eigenvalue weighted by molar-refractivity contribution is 0.0650. The van der Waals surface area contributed by atoms with Crippen LogP contribution in [0.25, 0.3) is 0 Å². The molecule has 0 spiro atoms. The molecule has 6 heteroatoms. The molecule has 1 aliphatic rings. The third-order valence-corrected chi connectivity index (χ3v) is 4.32. The van der Waals surface area contributed by atoms with Crippen LogP contribution >= 0.6 is 0 Å². The first-order valence-electron chi connectivity index (χ1n) is 8.27. The Morgan fingerprint density at radius 3 is 2.60 bits per heavy atom. The van der Waals surface area contributed by atoms with Crippen molar-refractivity contribution in [2.75, 3.05) is 19.8 Å². The van der Waals surface area contributed by atoms with Gasteiger partial charge in [0.25, 0.3) is 5.91 Å². The number of carboxylic acids is 1. The summed E-state index contributed by atoms with van der Waals surface area (Å²) in [5.74, 6) is -1.25. The topological polar surface area (TPSA) is 79.7 Å². The van der Waals surface area contributed by atoms with E-state index in [2.05, 4.69) is 4.98 Å². The van der Waals surface area contributed by atoms with Crippen molar-refractivity contribution in [2.45, 2.75) is 18.9 Å². The number of ether oxygens (including phenoxy) is 1. The molecule has 0 radical (unpaired) electrons. The summed E-state index contributed by atoms with van der Waals surface area (Å²) in [5, 5.41) is 8.93. The zero-order valence-corrected chi connectivity index (χ0v) is 13.8. The molecule has 1 aromatic carbocycles. The van der Waals surface area contributed by atoms with Crippen molar-refractivity contribution in [2.24, 2.45) is 0 Å². The molecule has 1 aromatic heterocycles. The number of hydrogen-bond acceptors (Lipinski definition) is 4. The fourth-order valence-electron chi connectivity index (χ4n) is 2.92. The summed E-state index contributed by atoms with van der Waals surface area (Å²) >= 11 is 0. The number of rotatable bonds is 6. The van der Waals surface area contributed by atoms with E-state index in [0.717, 1.165) is 12.8 Å². The van der Waals surface area contributed by atoms with Gasteiger partial charge in [0.15, 0.2) is 0 Å². The van der Waals surface area contributed by atoms with E-state index in [-0.39, 0.29) is 17.6 Å². The average molecular weight is 340 g/mol. The van der Waals surface area contributed by atoms with Gasteiger partial charge in [0.1, 0.15) is 5.69 Å². The molecule has 1 saturated heterocycles. The van der Waals surface area contributed by atoms with Crippen LogP contribution in [0.5, 0.6) is 0 Å².